The summed E-state index contributed by atoms with van der Waals surface area (Å²) in [6, 6.07) is 22.8. The maximum atomic E-state index is 13.4. The van der Waals surface area contributed by atoms with E-state index in [0.29, 0.717) is 23.0 Å². The van der Waals surface area contributed by atoms with Crippen LogP contribution in [-0.2, 0) is 9.59 Å². The molecule has 5 aliphatic heterocycles. The smallest absolute Gasteiger partial charge is 0.262 e. The first kappa shape index (κ1) is 39.9. The average molecular weight is 838 g/mol. The van der Waals surface area contributed by atoms with Gasteiger partial charge in [0.05, 0.1) is 22.6 Å². The second-order valence-electron chi connectivity index (χ2n) is 17.1. The van der Waals surface area contributed by atoms with E-state index in [9.17, 15) is 19.2 Å². The normalized spacial score (nSPS) is 22.1. The molecule has 0 saturated carbocycles. The predicted molar refractivity (Wildman–Crippen MR) is 233 cm³/mol. The third kappa shape index (κ3) is 7.78. The number of fused-ring (bicyclic) bond motifs is 2. The van der Waals surface area contributed by atoms with E-state index in [1.165, 1.54) is 6.33 Å². The lowest BCUT2D eigenvalue weighted by Crippen LogP contribution is -2.54. The number of likely N-dealkylation sites (tertiary alicyclic amines) is 2. The van der Waals surface area contributed by atoms with Crippen molar-refractivity contribution in [2.45, 2.75) is 56.7 Å². The van der Waals surface area contributed by atoms with Crippen LogP contribution in [0.4, 0.5) is 11.5 Å². The van der Waals surface area contributed by atoms with Gasteiger partial charge < -0.3 is 20.3 Å². The Kier molecular flexibility index (Phi) is 10.9. The van der Waals surface area contributed by atoms with Crippen molar-refractivity contribution in [3.8, 4) is 22.8 Å². The van der Waals surface area contributed by atoms with Crippen LogP contribution in [0, 0.1) is 0 Å². The number of nitrogen functional groups attached to an aromatic ring is 1. The first-order chi connectivity index (χ1) is 30.3. The quantitative estimate of drug-likeness (QED) is 0.192. The Hall–Kier alpha value is -6.23. The summed E-state index contributed by atoms with van der Waals surface area (Å²) in [5.41, 5.74) is 10.5. The Balaban J connectivity index is 0.710. The highest BCUT2D eigenvalue weighted by Crippen LogP contribution is 2.36. The number of nitrogens with two attached hydrogens (primary N) is 1. The molecule has 4 fully saturated rings. The SMILES string of the molecule is Nc1ncnc2c1c(-c1ccc(Oc3ccccc3)cc1)nn2[C@@H]1CCCN(C2CCN(CCN3CCN(c4ccc5c(c4)C(=O)N(C4CCC(=O)NC4=O)C5=O)CC3)CC2)C1. The molecule has 0 spiro atoms. The summed E-state index contributed by atoms with van der Waals surface area (Å²) in [5.74, 6) is 0.0270. The molecule has 0 radical (unpaired) electrons. The van der Waals surface area contributed by atoms with Crippen molar-refractivity contribution in [1.29, 1.82) is 0 Å². The zero-order valence-corrected chi connectivity index (χ0v) is 34.7. The van der Waals surface area contributed by atoms with Crippen LogP contribution in [0.2, 0.25) is 0 Å². The van der Waals surface area contributed by atoms with Crippen molar-refractivity contribution in [3.63, 3.8) is 0 Å². The second-order valence-corrected chi connectivity index (χ2v) is 17.1. The molecule has 3 aromatic carbocycles. The molecule has 320 valence electrons. The van der Waals surface area contributed by atoms with E-state index in [1.807, 2.05) is 60.7 Å². The van der Waals surface area contributed by atoms with Gasteiger partial charge in [0.25, 0.3) is 11.8 Å². The molecule has 4 amide bonds. The molecule has 3 N–H and O–H groups in total. The summed E-state index contributed by atoms with van der Waals surface area (Å²) in [7, 11) is 0. The molecule has 16 nitrogen and oxygen atoms in total. The van der Waals surface area contributed by atoms with E-state index < -0.39 is 23.8 Å². The van der Waals surface area contributed by atoms with Crippen molar-refractivity contribution in [3.05, 3.63) is 90.3 Å². The lowest BCUT2D eigenvalue weighted by molar-refractivity contribution is -0.136. The first-order valence-corrected chi connectivity index (χ1v) is 21.9. The Morgan fingerprint density at radius 1 is 0.726 bits per heavy atom. The number of anilines is 2. The van der Waals surface area contributed by atoms with Gasteiger partial charge in [-0.05, 0) is 106 Å². The van der Waals surface area contributed by atoms with Crippen LogP contribution >= 0.6 is 0 Å². The van der Waals surface area contributed by atoms with Gasteiger partial charge in [-0.2, -0.15) is 5.10 Å². The standard InChI is InChI=1S/C46H51N11O5/c47-42-40-41(30-8-11-35(12-9-30)62-34-6-2-1-3-7-34)51-57(43(40)49-29-48-42)33-5-4-18-55(28-33)31-16-19-52(20-17-31)21-22-53-23-25-54(26-24-53)32-10-13-36-37(27-32)46(61)56(45(36)60)38-14-15-39(58)50-44(38)59/h1-3,6-13,27,29,31,33,38H,4-5,14-26,28H2,(H2,47,48,49)(H,50,58,59)/t33-,38?/m1/s1. The number of hydrogen-bond donors (Lipinski definition) is 2. The van der Waals surface area contributed by atoms with Gasteiger partial charge in [-0.25, -0.2) is 14.6 Å². The third-order valence-corrected chi connectivity index (χ3v) is 13.4. The van der Waals surface area contributed by atoms with E-state index in [4.69, 9.17) is 20.6 Å². The van der Waals surface area contributed by atoms with Crippen LogP contribution in [0.15, 0.2) is 79.1 Å². The van der Waals surface area contributed by atoms with Crippen molar-refractivity contribution in [2.75, 3.05) is 76.1 Å². The highest BCUT2D eigenvalue weighted by molar-refractivity contribution is 6.23. The minimum Gasteiger partial charge on any atom is -0.457 e. The zero-order valence-electron chi connectivity index (χ0n) is 34.7. The Labute approximate surface area is 359 Å². The molecule has 4 saturated heterocycles. The largest absolute Gasteiger partial charge is 0.457 e. The molecule has 2 aromatic heterocycles. The van der Waals surface area contributed by atoms with Gasteiger partial charge in [0.2, 0.25) is 11.8 Å². The van der Waals surface area contributed by atoms with E-state index in [2.05, 4.69) is 34.6 Å². The zero-order chi connectivity index (χ0) is 42.3. The molecule has 10 rings (SSSR count). The molecule has 7 heterocycles. The molecule has 5 aliphatic rings. The van der Waals surface area contributed by atoms with E-state index in [-0.39, 0.29) is 24.8 Å². The van der Waals surface area contributed by atoms with Crippen LogP contribution in [0.1, 0.15) is 65.3 Å². The molecule has 1 unspecified atom stereocenters. The van der Waals surface area contributed by atoms with Gasteiger partial charge in [-0.1, -0.05) is 18.2 Å². The average Bonchev–Trinajstić information content (AvgIpc) is 3.81. The number of nitrogens with one attached hydrogen (secondary N) is 1. The number of ether oxygens (including phenoxy) is 1. The van der Waals surface area contributed by atoms with Crippen LogP contribution in [0.3, 0.4) is 0 Å². The second kappa shape index (κ2) is 16.9. The number of piperidine rings is 3. The number of rotatable bonds is 10. The van der Waals surface area contributed by atoms with Gasteiger partial charge in [0, 0.05) is 69.5 Å². The van der Waals surface area contributed by atoms with E-state index >= 15 is 0 Å². The highest BCUT2D eigenvalue weighted by Gasteiger charge is 2.45. The number of para-hydroxylation sites is 1. The summed E-state index contributed by atoms with van der Waals surface area (Å²) in [6.07, 6.45) is 6.18. The van der Waals surface area contributed by atoms with Crippen LogP contribution in [0.25, 0.3) is 22.3 Å². The Bertz CT molecular complexity index is 2500. The van der Waals surface area contributed by atoms with Gasteiger partial charge >= 0.3 is 0 Å². The number of aromatic nitrogens is 4. The maximum absolute atomic E-state index is 13.4. The van der Waals surface area contributed by atoms with Crippen LogP contribution in [-0.4, -0.2) is 141 Å². The lowest BCUT2D eigenvalue weighted by atomic mass is 9.98. The fourth-order valence-electron chi connectivity index (χ4n) is 9.95. The minimum absolute atomic E-state index is 0.0989. The van der Waals surface area contributed by atoms with Crippen LogP contribution < -0.4 is 20.7 Å². The summed E-state index contributed by atoms with van der Waals surface area (Å²) in [6.45, 7) is 9.65. The summed E-state index contributed by atoms with van der Waals surface area (Å²) >= 11 is 0. The van der Waals surface area contributed by atoms with E-state index in [1.54, 1.807) is 12.1 Å². The molecule has 16 heteroatoms. The van der Waals surface area contributed by atoms with Gasteiger partial charge in [0.15, 0.2) is 5.65 Å². The lowest BCUT2D eigenvalue weighted by Gasteiger charge is -2.43. The number of nitrogens with zero attached hydrogens (tertiary/aromatic N) is 9. The molecule has 0 bridgehead atoms. The molecule has 62 heavy (non-hydrogen) atoms. The molecular weight excluding hydrogens is 787 g/mol. The Morgan fingerprint density at radius 3 is 2.21 bits per heavy atom. The minimum atomic E-state index is -0.965. The Morgan fingerprint density at radius 2 is 1.45 bits per heavy atom. The van der Waals surface area contributed by atoms with Crippen molar-refractivity contribution in [2.24, 2.45) is 0 Å². The molecule has 0 aliphatic carbocycles. The number of carbonyl (C=O) groups is 4. The number of piperazine rings is 1. The fourth-order valence-corrected chi connectivity index (χ4v) is 9.95. The van der Waals surface area contributed by atoms with Crippen molar-refractivity contribution >= 4 is 46.2 Å². The maximum Gasteiger partial charge on any atom is 0.262 e. The third-order valence-electron chi connectivity index (χ3n) is 13.4. The predicted octanol–water partition coefficient (Wildman–Crippen LogP) is 4.19. The number of benzene rings is 3. The van der Waals surface area contributed by atoms with Gasteiger partial charge in [-0.3, -0.25) is 39.2 Å². The monoisotopic (exact) mass is 837 g/mol. The number of imide groups is 2. The fraction of sp³-hybridized carbons (Fsp3) is 0.413. The van der Waals surface area contributed by atoms with Crippen molar-refractivity contribution in [1.82, 2.24) is 44.7 Å². The molecular formula is C46H51N11O5. The topological polar surface area (TPSA) is 175 Å². The van der Waals surface area contributed by atoms with Gasteiger partial charge in [-0.15, -0.1) is 0 Å². The first-order valence-electron chi connectivity index (χ1n) is 21.9. The summed E-state index contributed by atoms with van der Waals surface area (Å²) < 4.78 is 8.13. The number of hydrogen-bond acceptors (Lipinski definition) is 13. The summed E-state index contributed by atoms with van der Waals surface area (Å²) in [4.78, 5) is 70.8. The molecule has 5 aromatic rings. The number of carbonyl (C=O) groups excluding carboxylic acids is 4. The van der Waals surface area contributed by atoms with Gasteiger partial charge in [0.1, 0.15) is 35.4 Å². The van der Waals surface area contributed by atoms with Crippen LogP contribution in [0.5, 0.6) is 11.5 Å². The van der Waals surface area contributed by atoms with E-state index in [0.717, 1.165) is 136 Å². The highest BCUT2D eigenvalue weighted by atomic mass is 16.5. The summed E-state index contributed by atoms with van der Waals surface area (Å²) in [5, 5.41) is 8.23. The number of amides is 4. The van der Waals surface area contributed by atoms with Crippen molar-refractivity contribution < 1.29 is 23.9 Å². The molecule has 2 atom stereocenters.